The van der Waals surface area contributed by atoms with E-state index in [1.54, 1.807) is 37.4 Å². The first-order valence-corrected chi connectivity index (χ1v) is 12.7. The Hall–Kier alpha value is -4.77. The predicted molar refractivity (Wildman–Crippen MR) is 160 cm³/mol. The Bertz CT molecular complexity index is 1670. The van der Waals surface area contributed by atoms with Crippen molar-refractivity contribution in [2.24, 2.45) is 6.98 Å². The predicted octanol–water partition coefficient (Wildman–Crippen LogP) is 5.66. The molecule has 11 heteroatoms. The van der Waals surface area contributed by atoms with Crippen LogP contribution in [0.25, 0.3) is 22.2 Å². The standard InChI is InChI=1S/C30H33F2N7O2/c1-6-7-12-28(40)34-23-17-24(27(41-29(31)32)18-26(23)38(4)16-15-37(2)3)36-30-33-14-13-22(35-30)21-19-39(5)25-11-9-8-10-20(21)25/h6-14,17-19,29H,1,15-16H2,2-5H3,(H,34,40)(H,33,35,36)/b12-7+/i5D3. The van der Waals surface area contributed by atoms with Crippen LogP contribution in [0.15, 0.2) is 79.7 Å². The van der Waals surface area contributed by atoms with E-state index >= 15 is 0 Å². The first-order chi connectivity index (χ1) is 20.9. The number of amides is 1. The quantitative estimate of drug-likeness (QED) is 0.170. The molecule has 4 rings (SSSR count). The van der Waals surface area contributed by atoms with Crippen molar-refractivity contribution in [3.8, 4) is 17.0 Å². The Morgan fingerprint density at radius 2 is 2.00 bits per heavy atom. The van der Waals surface area contributed by atoms with Gasteiger partial charge >= 0.3 is 6.61 Å². The number of anilines is 4. The number of nitrogens with zero attached hydrogens (tertiary/aromatic N) is 5. The molecule has 0 saturated heterocycles. The SMILES string of the molecule is [2H]C([2H])([2H])n1cc(-c2ccnc(Nc3cc(NC(=O)/C=C/C=C)c(N(C)CCN(C)C)cc3OC(F)F)n2)c2ccccc21. The van der Waals surface area contributed by atoms with Crippen molar-refractivity contribution < 1.29 is 22.4 Å². The van der Waals surface area contributed by atoms with Crippen molar-refractivity contribution in [2.45, 2.75) is 6.61 Å². The second-order valence-corrected chi connectivity index (χ2v) is 9.37. The van der Waals surface area contributed by atoms with Crippen molar-refractivity contribution >= 4 is 39.8 Å². The van der Waals surface area contributed by atoms with Crippen molar-refractivity contribution in [3.05, 3.63) is 79.7 Å². The summed E-state index contributed by atoms with van der Waals surface area (Å²) in [6.45, 7) is -0.811. The van der Waals surface area contributed by atoms with Gasteiger partial charge in [-0.25, -0.2) is 9.97 Å². The van der Waals surface area contributed by atoms with Gasteiger partial charge < -0.3 is 29.7 Å². The molecule has 0 radical (unpaired) electrons. The summed E-state index contributed by atoms with van der Waals surface area (Å²) in [5.74, 6) is -0.617. The maximum atomic E-state index is 13.6. The molecule has 2 aromatic heterocycles. The Kier molecular flexibility index (Phi) is 8.03. The molecule has 0 aliphatic rings. The van der Waals surface area contributed by atoms with E-state index < -0.39 is 19.5 Å². The van der Waals surface area contributed by atoms with E-state index in [9.17, 15) is 13.6 Å². The molecule has 41 heavy (non-hydrogen) atoms. The van der Waals surface area contributed by atoms with Crippen LogP contribution in [0.5, 0.6) is 5.75 Å². The van der Waals surface area contributed by atoms with Crippen molar-refractivity contribution in [2.75, 3.05) is 49.8 Å². The third-order valence-corrected chi connectivity index (χ3v) is 6.14. The monoisotopic (exact) mass is 564 g/mol. The fourth-order valence-corrected chi connectivity index (χ4v) is 4.15. The topological polar surface area (TPSA) is 87.6 Å². The number of rotatable bonds is 12. The van der Waals surface area contributed by atoms with E-state index in [0.717, 1.165) is 0 Å². The molecule has 0 aliphatic carbocycles. The maximum Gasteiger partial charge on any atom is 0.387 e. The van der Waals surface area contributed by atoms with Gasteiger partial charge in [0.05, 0.1) is 22.8 Å². The highest BCUT2D eigenvalue weighted by Crippen LogP contribution is 2.39. The van der Waals surface area contributed by atoms with Gasteiger partial charge in [0, 0.05) is 72.2 Å². The minimum Gasteiger partial charge on any atom is -0.433 e. The molecule has 0 unspecified atom stereocenters. The molecule has 0 saturated carbocycles. The lowest BCUT2D eigenvalue weighted by atomic mass is 10.1. The average Bonchev–Trinajstić information content (AvgIpc) is 3.36. The zero-order valence-electron chi connectivity index (χ0n) is 25.9. The Morgan fingerprint density at radius 1 is 1.20 bits per heavy atom. The number of alkyl halides is 2. The fourth-order valence-electron chi connectivity index (χ4n) is 4.15. The molecule has 2 heterocycles. The molecule has 0 aliphatic heterocycles. The summed E-state index contributed by atoms with van der Waals surface area (Å²) in [4.78, 5) is 25.2. The average molecular weight is 565 g/mol. The number of allylic oxidation sites excluding steroid dienone is 2. The number of carbonyl (C=O) groups excluding carboxylic acids is 1. The van der Waals surface area contributed by atoms with E-state index in [4.69, 9.17) is 8.85 Å². The molecule has 214 valence electrons. The largest absolute Gasteiger partial charge is 0.433 e. The number of hydrogen-bond acceptors (Lipinski definition) is 7. The van der Waals surface area contributed by atoms with Crippen LogP contribution in [-0.2, 0) is 11.8 Å². The molecule has 0 bridgehead atoms. The Morgan fingerprint density at radius 3 is 2.73 bits per heavy atom. The molecular weight excluding hydrogens is 528 g/mol. The fraction of sp³-hybridized carbons (Fsp3) is 0.233. The minimum absolute atomic E-state index is 0.0323. The molecule has 2 N–H and O–H groups in total. The van der Waals surface area contributed by atoms with Crippen molar-refractivity contribution in [1.82, 2.24) is 19.4 Å². The summed E-state index contributed by atoms with van der Waals surface area (Å²) in [5.41, 5.74) is 2.29. The highest BCUT2D eigenvalue weighted by Gasteiger charge is 2.19. The van der Waals surface area contributed by atoms with Gasteiger partial charge in [0.2, 0.25) is 11.9 Å². The lowest BCUT2D eigenvalue weighted by Crippen LogP contribution is -2.29. The van der Waals surface area contributed by atoms with Crippen molar-refractivity contribution in [3.63, 3.8) is 0 Å². The Balaban J connectivity index is 1.78. The molecule has 0 atom stereocenters. The second kappa shape index (κ2) is 13.1. The molecule has 4 aromatic rings. The van der Waals surface area contributed by atoms with Gasteiger partial charge in [-0.05, 0) is 32.3 Å². The first kappa shape index (κ1) is 25.2. The zero-order chi connectivity index (χ0) is 32.0. The minimum atomic E-state index is -3.13. The zero-order valence-corrected chi connectivity index (χ0v) is 22.9. The number of ether oxygens (including phenoxy) is 1. The van der Waals surface area contributed by atoms with Crippen LogP contribution >= 0.6 is 0 Å². The summed E-state index contributed by atoms with van der Waals surface area (Å²) >= 11 is 0. The van der Waals surface area contributed by atoms with Crippen LogP contribution in [0.3, 0.4) is 0 Å². The summed E-state index contributed by atoms with van der Waals surface area (Å²) in [5, 5.41) is 6.39. The lowest BCUT2D eigenvalue weighted by molar-refractivity contribution is -0.111. The maximum absolute atomic E-state index is 13.6. The van der Waals surface area contributed by atoms with Crippen LogP contribution in [0, 0.1) is 0 Å². The number of halogens is 2. The summed E-state index contributed by atoms with van der Waals surface area (Å²) in [6, 6.07) is 11.5. The molecule has 2 aromatic carbocycles. The van der Waals surface area contributed by atoms with Crippen LogP contribution in [-0.4, -0.2) is 66.2 Å². The number of para-hydroxylation sites is 1. The van der Waals surface area contributed by atoms with Crippen LogP contribution < -0.4 is 20.3 Å². The van der Waals surface area contributed by atoms with E-state index in [1.807, 2.05) is 23.9 Å². The first-order valence-electron chi connectivity index (χ1n) is 14.2. The normalized spacial score (nSPS) is 12.8. The smallest absolute Gasteiger partial charge is 0.387 e. The summed E-state index contributed by atoms with van der Waals surface area (Å²) in [6.07, 6.45) is 7.18. The van der Waals surface area contributed by atoms with Gasteiger partial charge in [-0.15, -0.1) is 0 Å². The van der Waals surface area contributed by atoms with Gasteiger partial charge in [-0.2, -0.15) is 8.78 Å². The van der Waals surface area contributed by atoms with Gasteiger partial charge in [-0.1, -0.05) is 36.9 Å². The molecule has 1 amide bonds. The number of aromatic nitrogens is 3. The number of nitrogens with one attached hydrogen (secondary N) is 2. The highest BCUT2D eigenvalue weighted by atomic mass is 19.3. The summed E-state index contributed by atoms with van der Waals surface area (Å²) in [7, 11) is 5.59. The van der Waals surface area contributed by atoms with Gasteiger partial charge in [0.1, 0.15) is 0 Å². The van der Waals surface area contributed by atoms with E-state index in [-0.39, 0.29) is 17.4 Å². The molecule has 9 nitrogen and oxygen atoms in total. The Labute approximate surface area is 242 Å². The number of aryl methyl sites for hydroxylation is 1. The molecule has 0 fully saturated rings. The number of likely N-dealkylation sites (N-methyl/N-ethyl adjacent to an activating group) is 2. The van der Waals surface area contributed by atoms with E-state index in [0.29, 0.717) is 46.6 Å². The summed E-state index contributed by atoms with van der Waals surface area (Å²) < 4.78 is 57.0. The number of carbonyl (C=O) groups is 1. The lowest BCUT2D eigenvalue weighted by Gasteiger charge is -2.26. The van der Waals surface area contributed by atoms with E-state index in [2.05, 4.69) is 27.2 Å². The van der Waals surface area contributed by atoms with Crippen LogP contribution in [0.4, 0.5) is 31.8 Å². The highest BCUT2D eigenvalue weighted by molar-refractivity contribution is 6.02. The number of benzene rings is 2. The van der Waals surface area contributed by atoms with Gasteiger partial charge in [0.25, 0.3) is 0 Å². The molecular formula is C30H33F2N7O2. The third kappa shape index (κ3) is 7.25. The van der Waals surface area contributed by atoms with E-state index in [1.165, 1.54) is 47.3 Å². The van der Waals surface area contributed by atoms with Gasteiger partial charge in [-0.3, -0.25) is 4.79 Å². The van der Waals surface area contributed by atoms with Gasteiger partial charge in [0.15, 0.2) is 5.75 Å². The number of fused-ring (bicyclic) bond motifs is 1. The van der Waals surface area contributed by atoms with Crippen molar-refractivity contribution in [1.29, 1.82) is 0 Å². The number of hydrogen-bond donors (Lipinski definition) is 2. The van der Waals surface area contributed by atoms with Crippen LogP contribution in [0.2, 0.25) is 0 Å². The molecule has 0 spiro atoms. The third-order valence-electron chi connectivity index (χ3n) is 6.14. The van der Waals surface area contributed by atoms with Crippen LogP contribution in [0.1, 0.15) is 4.11 Å². The second-order valence-electron chi connectivity index (χ2n) is 9.37.